The second-order valence-corrected chi connectivity index (χ2v) is 22.3. The molecule has 8 heteroatoms. The molecule has 0 saturated heterocycles. The molecular formula is C13H30N4OSi3. The molecule has 21 heavy (non-hydrogen) atoms. The molecule has 1 aromatic heterocycles. The molecule has 0 fully saturated rings. The van der Waals surface area contributed by atoms with Crippen LogP contribution < -0.4 is 14.4 Å². The Morgan fingerprint density at radius 2 is 1.33 bits per heavy atom. The zero-order valence-corrected chi connectivity index (χ0v) is 17.9. The number of rotatable bonds is 6. The third-order valence-corrected chi connectivity index (χ3v) is 5.00. The Morgan fingerprint density at radius 1 is 0.810 bits per heavy atom. The van der Waals surface area contributed by atoms with E-state index in [1.165, 1.54) is 0 Å². The molecule has 0 radical (unpaired) electrons. The Hall–Kier alpha value is -0.869. The van der Waals surface area contributed by atoms with Gasteiger partial charge in [0.15, 0.2) is 0 Å². The van der Waals surface area contributed by atoms with Crippen LogP contribution in [0, 0.1) is 0 Å². The summed E-state index contributed by atoms with van der Waals surface area (Å²) in [6.45, 7) is 20.0. The molecule has 0 spiro atoms. The zero-order valence-electron chi connectivity index (χ0n) is 14.9. The molecule has 0 amide bonds. The Morgan fingerprint density at radius 3 is 1.76 bits per heavy atom. The summed E-state index contributed by atoms with van der Waals surface area (Å²) in [6, 6.07) is 0. The highest BCUT2D eigenvalue weighted by Crippen LogP contribution is 2.33. The first-order chi connectivity index (χ1) is 9.27. The number of hydrogen-bond donors (Lipinski definition) is 2. The fourth-order valence-electron chi connectivity index (χ4n) is 1.67. The molecule has 1 aromatic rings. The maximum Gasteiger partial charge on any atom is 0.244 e. The van der Waals surface area contributed by atoms with Gasteiger partial charge < -0.3 is 14.4 Å². The molecule has 0 saturated carbocycles. The summed E-state index contributed by atoms with van der Waals surface area (Å²) in [4.78, 5) is 16.0. The highest BCUT2D eigenvalue weighted by Gasteiger charge is 2.26. The molecule has 5 nitrogen and oxygen atoms in total. The quantitative estimate of drug-likeness (QED) is 0.759. The SMILES string of the molecule is C[Si](C)(C)Nc1ncnc(O[Si](C)(C)C)c1N[Si](C)(C)C. The van der Waals surface area contributed by atoms with Gasteiger partial charge in [-0.3, -0.25) is 0 Å². The lowest BCUT2D eigenvalue weighted by Gasteiger charge is -2.28. The molecule has 120 valence electrons. The maximum absolute atomic E-state index is 6.16. The van der Waals surface area contributed by atoms with Crippen molar-refractivity contribution in [3.63, 3.8) is 0 Å². The third-order valence-electron chi connectivity index (χ3n) is 2.21. The van der Waals surface area contributed by atoms with E-state index in [1.54, 1.807) is 6.33 Å². The Balaban J connectivity index is 3.27. The molecule has 0 atom stereocenters. The normalized spacial score (nSPS) is 13.0. The first-order valence-corrected chi connectivity index (χ1v) is 17.8. The average Bonchev–Trinajstić information content (AvgIpc) is 2.16. The summed E-state index contributed by atoms with van der Waals surface area (Å²) < 4.78 is 6.16. The van der Waals surface area contributed by atoms with E-state index in [9.17, 15) is 0 Å². The van der Waals surface area contributed by atoms with Crippen molar-refractivity contribution in [2.45, 2.75) is 58.9 Å². The Bertz CT molecular complexity index is 455. The largest absolute Gasteiger partial charge is 0.530 e. The van der Waals surface area contributed by atoms with E-state index in [-0.39, 0.29) is 0 Å². The van der Waals surface area contributed by atoms with E-state index in [0.717, 1.165) is 11.5 Å². The van der Waals surface area contributed by atoms with Crippen LogP contribution in [-0.4, -0.2) is 34.8 Å². The number of nitrogens with zero attached hydrogens (tertiary/aromatic N) is 2. The van der Waals surface area contributed by atoms with Crippen molar-refractivity contribution in [3.05, 3.63) is 6.33 Å². The maximum atomic E-state index is 6.16. The van der Waals surface area contributed by atoms with Crippen LogP contribution in [0.4, 0.5) is 11.5 Å². The molecule has 2 N–H and O–H groups in total. The minimum Gasteiger partial charge on any atom is -0.530 e. The summed E-state index contributed by atoms with van der Waals surface area (Å²) in [6.07, 6.45) is 1.59. The molecule has 0 bridgehead atoms. The van der Waals surface area contributed by atoms with E-state index < -0.39 is 24.8 Å². The van der Waals surface area contributed by atoms with Crippen molar-refractivity contribution in [3.8, 4) is 5.88 Å². The highest BCUT2D eigenvalue weighted by atomic mass is 28.4. The van der Waals surface area contributed by atoms with E-state index in [4.69, 9.17) is 4.43 Å². The van der Waals surface area contributed by atoms with Crippen LogP contribution in [0.2, 0.25) is 58.9 Å². The standard InChI is InChI=1S/C13H30N4OSi3/c1-19(2,3)16-11-12(17-20(4,5)6)14-10-15-13(11)18-21(7,8)9/h10,16H,1-9H3,(H,14,15,17). The van der Waals surface area contributed by atoms with Gasteiger partial charge in [-0.15, -0.1) is 0 Å². The van der Waals surface area contributed by atoms with Crippen LogP contribution in [0.15, 0.2) is 6.33 Å². The van der Waals surface area contributed by atoms with Gasteiger partial charge in [0.1, 0.15) is 34.3 Å². The van der Waals surface area contributed by atoms with Crippen LogP contribution in [0.25, 0.3) is 0 Å². The topological polar surface area (TPSA) is 59.1 Å². The van der Waals surface area contributed by atoms with Gasteiger partial charge in [0, 0.05) is 0 Å². The van der Waals surface area contributed by atoms with Gasteiger partial charge in [0.05, 0.1) is 0 Å². The van der Waals surface area contributed by atoms with E-state index in [0.29, 0.717) is 5.88 Å². The number of aromatic nitrogens is 2. The summed E-state index contributed by atoms with van der Waals surface area (Å²) in [5, 5.41) is 0. The summed E-state index contributed by atoms with van der Waals surface area (Å²) in [7, 11) is -4.74. The second-order valence-electron chi connectivity index (χ2n) is 8.37. The monoisotopic (exact) mass is 342 g/mol. The van der Waals surface area contributed by atoms with Gasteiger partial charge in [-0.2, -0.15) is 0 Å². The van der Waals surface area contributed by atoms with Gasteiger partial charge in [0.25, 0.3) is 0 Å². The fraction of sp³-hybridized carbons (Fsp3) is 0.692. The van der Waals surface area contributed by atoms with Crippen LogP contribution in [0.5, 0.6) is 5.88 Å². The first-order valence-electron chi connectivity index (χ1n) is 7.37. The fourth-order valence-corrected chi connectivity index (χ4v) is 4.28. The molecule has 0 aromatic carbocycles. The van der Waals surface area contributed by atoms with Gasteiger partial charge in [-0.05, 0) is 19.6 Å². The lowest BCUT2D eigenvalue weighted by molar-refractivity contribution is 0.535. The van der Waals surface area contributed by atoms with Crippen molar-refractivity contribution >= 4 is 36.3 Å². The average molecular weight is 343 g/mol. The smallest absolute Gasteiger partial charge is 0.244 e. The van der Waals surface area contributed by atoms with Crippen LogP contribution >= 0.6 is 0 Å². The molecule has 0 aliphatic rings. The molecule has 0 unspecified atom stereocenters. The molecule has 0 aliphatic heterocycles. The van der Waals surface area contributed by atoms with Gasteiger partial charge in [-0.25, -0.2) is 9.97 Å². The van der Waals surface area contributed by atoms with Crippen molar-refractivity contribution in [2.24, 2.45) is 0 Å². The predicted octanol–water partition coefficient (Wildman–Crippen LogP) is 4.18. The summed E-state index contributed by atoms with van der Waals surface area (Å²) in [5.41, 5.74) is 0.932. The van der Waals surface area contributed by atoms with E-state index in [1.807, 2.05) is 0 Å². The van der Waals surface area contributed by atoms with E-state index >= 15 is 0 Å². The summed E-state index contributed by atoms with van der Waals surface area (Å²) in [5.74, 6) is 1.56. The molecular weight excluding hydrogens is 312 g/mol. The van der Waals surface area contributed by atoms with Crippen LogP contribution in [-0.2, 0) is 0 Å². The number of nitrogens with one attached hydrogen (secondary N) is 2. The van der Waals surface area contributed by atoms with Crippen molar-refractivity contribution < 1.29 is 4.43 Å². The molecule has 0 aliphatic carbocycles. The zero-order chi connectivity index (χ0) is 16.5. The van der Waals surface area contributed by atoms with Crippen molar-refractivity contribution in [1.29, 1.82) is 0 Å². The van der Waals surface area contributed by atoms with Crippen LogP contribution in [0.3, 0.4) is 0 Å². The second kappa shape index (κ2) is 6.09. The van der Waals surface area contributed by atoms with E-state index in [2.05, 4.69) is 78.9 Å². The lowest BCUT2D eigenvalue weighted by Crippen LogP contribution is -2.37. The minimum absolute atomic E-state index is 0.687. The Kier molecular flexibility index (Phi) is 5.27. The van der Waals surface area contributed by atoms with Crippen molar-refractivity contribution in [2.75, 3.05) is 9.96 Å². The number of anilines is 2. The predicted molar refractivity (Wildman–Crippen MR) is 99.9 cm³/mol. The van der Waals surface area contributed by atoms with Crippen LogP contribution in [0.1, 0.15) is 0 Å². The third kappa shape index (κ3) is 7.09. The van der Waals surface area contributed by atoms with Crippen molar-refractivity contribution in [1.82, 2.24) is 9.97 Å². The highest BCUT2D eigenvalue weighted by molar-refractivity contribution is 6.80. The first kappa shape index (κ1) is 18.2. The van der Waals surface area contributed by atoms with Gasteiger partial charge in [0.2, 0.25) is 14.2 Å². The summed E-state index contributed by atoms with van der Waals surface area (Å²) >= 11 is 0. The molecule has 1 heterocycles. The minimum atomic E-state index is -1.72. The van der Waals surface area contributed by atoms with Gasteiger partial charge in [-0.1, -0.05) is 39.3 Å². The lowest BCUT2D eigenvalue weighted by atomic mass is 10.5. The van der Waals surface area contributed by atoms with Gasteiger partial charge >= 0.3 is 0 Å². The number of hydrogen-bond acceptors (Lipinski definition) is 5. The Labute approximate surface area is 132 Å². The molecule has 1 rings (SSSR count).